The highest BCUT2D eigenvalue weighted by Crippen LogP contribution is 2.24. The van der Waals surface area contributed by atoms with Gasteiger partial charge < -0.3 is 10.1 Å². The van der Waals surface area contributed by atoms with Crippen molar-refractivity contribution in [1.82, 2.24) is 28.7 Å². The first kappa shape index (κ1) is 26.0. The number of aryl methyl sites for hydroxylation is 1. The highest BCUT2D eigenvalue weighted by molar-refractivity contribution is 7.89. The molecule has 4 heterocycles. The first-order valence-electron chi connectivity index (χ1n) is 13.3. The standard InChI is InChI=1S/C29H31N7O3S/c1-22-6-4-7-23(18-22)21-40(37,38)35-20-24(19-30-35)27-8-5-9-28-32-29(33-36(27)28)31-25-10-12-26(13-11-25)39-17-16-34-14-2-3-15-34/h4-13,18-20H,2-3,14-17,21H2,1H3,(H,31,33). The smallest absolute Gasteiger partial charge is 0.257 e. The van der Waals surface area contributed by atoms with Gasteiger partial charge in [0.05, 0.1) is 23.8 Å². The third kappa shape index (κ3) is 5.85. The minimum absolute atomic E-state index is 0.139. The third-order valence-corrected chi connectivity index (χ3v) is 8.39. The summed E-state index contributed by atoms with van der Waals surface area (Å²) in [4.78, 5) is 7.01. The molecule has 0 saturated carbocycles. The Balaban J connectivity index is 1.15. The van der Waals surface area contributed by atoms with Crippen molar-refractivity contribution in [3.05, 3.63) is 90.3 Å². The summed E-state index contributed by atoms with van der Waals surface area (Å²) in [5.41, 5.74) is 4.47. The first-order chi connectivity index (χ1) is 19.4. The lowest BCUT2D eigenvalue weighted by atomic mass is 10.2. The molecule has 1 N–H and O–H groups in total. The molecule has 0 radical (unpaired) electrons. The molecule has 0 spiro atoms. The summed E-state index contributed by atoms with van der Waals surface area (Å²) >= 11 is 0. The molecule has 0 amide bonds. The zero-order valence-electron chi connectivity index (χ0n) is 22.3. The van der Waals surface area contributed by atoms with Gasteiger partial charge >= 0.3 is 0 Å². The van der Waals surface area contributed by atoms with Crippen molar-refractivity contribution in [1.29, 1.82) is 0 Å². The van der Waals surface area contributed by atoms with Crippen LogP contribution in [-0.2, 0) is 15.8 Å². The second-order valence-corrected chi connectivity index (χ2v) is 11.8. The van der Waals surface area contributed by atoms with Crippen LogP contribution < -0.4 is 10.1 Å². The topological polar surface area (TPSA) is 107 Å². The summed E-state index contributed by atoms with van der Waals surface area (Å²) in [5.74, 6) is 1.11. The summed E-state index contributed by atoms with van der Waals surface area (Å²) in [6, 6.07) is 20.7. The molecule has 1 aliphatic rings. The molecule has 6 rings (SSSR count). The normalized spacial score (nSPS) is 14.1. The van der Waals surface area contributed by atoms with Gasteiger partial charge in [-0.15, -0.1) is 5.10 Å². The molecule has 10 nitrogen and oxygen atoms in total. The van der Waals surface area contributed by atoms with Crippen LogP contribution in [0.4, 0.5) is 11.6 Å². The van der Waals surface area contributed by atoms with Crippen LogP contribution in [0.25, 0.3) is 16.9 Å². The molecule has 0 aliphatic carbocycles. The van der Waals surface area contributed by atoms with Gasteiger partial charge in [0.1, 0.15) is 12.4 Å². The van der Waals surface area contributed by atoms with Crippen LogP contribution in [0.15, 0.2) is 79.1 Å². The minimum atomic E-state index is -3.68. The number of anilines is 2. The maximum atomic E-state index is 13.0. The van der Waals surface area contributed by atoms with E-state index in [-0.39, 0.29) is 5.75 Å². The summed E-state index contributed by atoms with van der Waals surface area (Å²) < 4.78 is 34.6. The number of ether oxygens (including phenoxy) is 1. The minimum Gasteiger partial charge on any atom is -0.492 e. The van der Waals surface area contributed by atoms with Gasteiger partial charge in [-0.3, -0.25) is 4.90 Å². The zero-order valence-corrected chi connectivity index (χ0v) is 23.1. The average molecular weight is 558 g/mol. The van der Waals surface area contributed by atoms with Gasteiger partial charge in [0.25, 0.3) is 10.0 Å². The van der Waals surface area contributed by atoms with Crippen LogP contribution in [0.1, 0.15) is 24.0 Å². The zero-order chi connectivity index (χ0) is 27.5. The van der Waals surface area contributed by atoms with Crippen molar-refractivity contribution in [3.8, 4) is 17.0 Å². The van der Waals surface area contributed by atoms with E-state index < -0.39 is 10.0 Å². The molecule has 1 fully saturated rings. The van der Waals surface area contributed by atoms with Crippen LogP contribution >= 0.6 is 0 Å². The van der Waals surface area contributed by atoms with E-state index in [1.807, 2.05) is 67.6 Å². The quantitative estimate of drug-likeness (QED) is 0.268. The van der Waals surface area contributed by atoms with Crippen molar-refractivity contribution < 1.29 is 13.2 Å². The molecule has 1 aliphatic heterocycles. The fraction of sp³-hybridized carbons (Fsp3) is 0.276. The summed E-state index contributed by atoms with van der Waals surface area (Å²) in [6.07, 6.45) is 5.59. The van der Waals surface area contributed by atoms with Crippen LogP contribution in [0.3, 0.4) is 0 Å². The highest BCUT2D eigenvalue weighted by Gasteiger charge is 2.18. The Labute approximate surface area is 233 Å². The number of likely N-dealkylation sites (tertiary alicyclic amines) is 1. The molecule has 0 bridgehead atoms. The highest BCUT2D eigenvalue weighted by atomic mass is 32.2. The van der Waals surface area contributed by atoms with Gasteiger partial charge in [-0.2, -0.15) is 14.2 Å². The summed E-state index contributed by atoms with van der Waals surface area (Å²) in [5, 5.41) is 12.0. The molecule has 40 heavy (non-hydrogen) atoms. The van der Waals surface area contributed by atoms with E-state index in [0.29, 0.717) is 35.0 Å². The fourth-order valence-corrected chi connectivity index (χ4v) is 6.10. The fourth-order valence-electron chi connectivity index (χ4n) is 4.91. The van der Waals surface area contributed by atoms with Crippen molar-refractivity contribution in [2.45, 2.75) is 25.5 Å². The van der Waals surface area contributed by atoms with E-state index in [2.05, 4.69) is 25.4 Å². The molecule has 0 unspecified atom stereocenters. The Morgan fingerprint density at radius 3 is 2.60 bits per heavy atom. The summed E-state index contributed by atoms with van der Waals surface area (Å²) in [6.45, 7) is 5.88. The third-order valence-electron chi connectivity index (χ3n) is 6.92. The van der Waals surface area contributed by atoms with E-state index in [1.54, 1.807) is 10.6 Å². The van der Waals surface area contributed by atoms with Gasteiger partial charge in [0, 0.05) is 17.8 Å². The van der Waals surface area contributed by atoms with Gasteiger partial charge in [-0.05, 0) is 74.8 Å². The lowest BCUT2D eigenvalue weighted by molar-refractivity contribution is 0.238. The molecule has 3 aromatic heterocycles. The molecule has 206 valence electrons. The number of rotatable bonds is 10. The molecular formula is C29H31N7O3S. The molecule has 2 aromatic carbocycles. The van der Waals surface area contributed by atoms with Crippen molar-refractivity contribution >= 4 is 27.3 Å². The predicted octanol–water partition coefficient (Wildman–Crippen LogP) is 4.50. The van der Waals surface area contributed by atoms with E-state index in [0.717, 1.165) is 40.7 Å². The number of fused-ring (bicyclic) bond motifs is 1. The Hall–Kier alpha value is -4.22. The summed E-state index contributed by atoms with van der Waals surface area (Å²) in [7, 11) is -3.68. The van der Waals surface area contributed by atoms with Gasteiger partial charge in [-0.25, -0.2) is 12.9 Å². The van der Waals surface area contributed by atoms with E-state index in [1.165, 1.54) is 25.2 Å². The second kappa shape index (κ2) is 11.1. The maximum absolute atomic E-state index is 13.0. The molecule has 11 heteroatoms. The average Bonchev–Trinajstić information content (AvgIpc) is 3.70. The number of benzene rings is 2. The largest absolute Gasteiger partial charge is 0.492 e. The molecule has 0 atom stereocenters. The molecule has 1 saturated heterocycles. The maximum Gasteiger partial charge on any atom is 0.257 e. The first-order valence-corrected chi connectivity index (χ1v) is 15.0. The number of nitrogens with zero attached hydrogens (tertiary/aromatic N) is 6. The van der Waals surface area contributed by atoms with E-state index in [4.69, 9.17) is 4.74 Å². The van der Waals surface area contributed by atoms with Crippen molar-refractivity contribution in [2.75, 3.05) is 31.6 Å². The second-order valence-electron chi connectivity index (χ2n) is 10.0. The van der Waals surface area contributed by atoms with Crippen LogP contribution in [0, 0.1) is 6.92 Å². The monoisotopic (exact) mass is 557 g/mol. The molecular weight excluding hydrogens is 526 g/mol. The Morgan fingerprint density at radius 2 is 1.80 bits per heavy atom. The Bertz CT molecular complexity index is 1720. The van der Waals surface area contributed by atoms with Gasteiger partial charge in [0.15, 0.2) is 5.65 Å². The SMILES string of the molecule is Cc1cccc(CS(=O)(=O)n2cc(-c3cccc4nc(Nc5ccc(OCCN6CCCC6)cc5)nn34)cn2)c1. The molecule has 5 aromatic rings. The number of aromatic nitrogens is 5. The lowest BCUT2D eigenvalue weighted by Gasteiger charge is -2.15. The van der Waals surface area contributed by atoms with Gasteiger partial charge in [-0.1, -0.05) is 35.9 Å². The van der Waals surface area contributed by atoms with Crippen molar-refractivity contribution in [3.63, 3.8) is 0 Å². The Kier molecular flexibility index (Phi) is 7.23. The number of hydrogen-bond donors (Lipinski definition) is 1. The van der Waals surface area contributed by atoms with Crippen LogP contribution in [-0.4, -0.2) is 63.3 Å². The number of nitrogens with one attached hydrogen (secondary N) is 1. The van der Waals surface area contributed by atoms with Gasteiger partial charge in [0.2, 0.25) is 5.95 Å². The van der Waals surface area contributed by atoms with Crippen LogP contribution in [0.5, 0.6) is 5.75 Å². The van der Waals surface area contributed by atoms with Crippen LogP contribution in [0.2, 0.25) is 0 Å². The predicted molar refractivity (Wildman–Crippen MR) is 154 cm³/mol. The van der Waals surface area contributed by atoms with Crippen molar-refractivity contribution in [2.24, 2.45) is 0 Å². The number of pyridine rings is 1. The van der Waals surface area contributed by atoms with E-state index >= 15 is 0 Å². The lowest BCUT2D eigenvalue weighted by Crippen LogP contribution is -2.25. The number of hydrogen-bond acceptors (Lipinski definition) is 8. The Morgan fingerprint density at radius 1 is 1.00 bits per heavy atom. The van der Waals surface area contributed by atoms with E-state index in [9.17, 15) is 8.42 Å².